The van der Waals surface area contributed by atoms with Gasteiger partial charge in [-0.3, -0.25) is 14.8 Å². The molecule has 1 aromatic carbocycles. The SMILES string of the molecule is O=C(CCN1CCOCC1)Nc1cccc2[nH]ncc12. The van der Waals surface area contributed by atoms with Gasteiger partial charge in [0.05, 0.1) is 30.6 Å². The molecule has 0 aliphatic carbocycles. The maximum atomic E-state index is 12.0. The number of nitrogens with one attached hydrogen (secondary N) is 2. The quantitative estimate of drug-likeness (QED) is 0.879. The van der Waals surface area contributed by atoms with Gasteiger partial charge in [-0.2, -0.15) is 5.10 Å². The maximum absolute atomic E-state index is 12.0. The zero-order chi connectivity index (χ0) is 13.8. The zero-order valence-electron chi connectivity index (χ0n) is 11.3. The summed E-state index contributed by atoms with van der Waals surface area (Å²) in [6.45, 7) is 4.11. The molecule has 6 heteroatoms. The van der Waals surface area contributed by atoms with Crippen LogP contribution in [0, 0.1) is 0 Å². The molecular weight excluding hydrogens is 256 g/mol. The fourth-order valence-corrected chi connectivity index (χ4v) is 2.37. The van der Waals surface area contributed by atoms with Gasteiger partial charge in [-0.1, -0.05) is 6.07 Å². The second kappa shape index (κ2) is 6.02. The van der Waals surface area contributed by atoms with E-state index in [9.17, 15) is 4.79 Å². The number of aromatic amines is 1. The lowest BCUT2D eigenvalue weighted by Gasteiger charge is -2.26. The molecule has 0 unspecified atom stereocenters. The highest BCUT2D eigenvalue weighted by atomic mass is 16.5. The summed E-state index contributed by atoms with van der Waals surface area (Å²) in [6, 6.07) is 5.73. The lowest BCUT2D eigenvalue weighted by Crippen LogP contribution is -2.38. The summed E-state index contributed by atoms with van der Waals surface area (Å²) in [5, 5.41) is 10.8. The number of ether oxygens (including phenoxy) is 1. The molecule has 0 spiro atoms. The molecule has 106 valence electrons. The van der Waals surface area contributed by atoms with E-state index in [0.29, 0.717) is 6.42 Å². The normalized spacial score (nSPS) is 16.4. The van der Waals surface area contributed by atoms with Crippen LogP contribution in [-0.2, 0) is 9.53 Å². The number of fused-ring (bicyclic) bond motifs is 1. The van der Waals surface area contributed by atoms with E-state index in [2.05, 4.69) is 20.4 Å². The number of amides is 1. The third kappa shape index (κ3) is 2.97. The summed E-state index contributed by atoms with van der Waals surface area (Å²) in [5.74, 6) is 0.0326. The molecule has 0 saturated carbocycles. The van der Waals surface area contributed by atoms with Gasteiger partial charge in [0.25, 0.3) is 0 Å². The van der Waals surface area contributed by atoms with Crippen molar-refractivity contribution >= 4 is 22.5 Å². The second-order valence-electron chi connectivity index (χ2n) is 4.89. The third-order valence-corrected chi connectivity index (χ3v) is 3.52. The van der Waals surface area contributed by atoms with E-state index < -0.39 is 0 Å². The van der Waals surface area contributed by atoms with E-state index in [-0.39, 0.29) is 5.91 Å². The van der Waals surface area contributed by atoms with Crippen LogP contribution in [0.25, 0.3) is 10.9 Å². The van der Waals surface area contributed by atoms with Crippen molar-refractivity contribution in [3.8, 4) is 0 Å². The first-order chi connectivity index (χ1) is 9.83. The van der Waals surface area contributed by atoms with Crippen molar-refractivity contribution < 1.29 is 9.53 Å². The lowest BCUT2D eigenvalue weighted by molar-refractivity contribution is -0.116. The largest absolute Gasteiger partial charge is 0.379 e. The Kier molecular flexibility index (Phi) is 3.94. The van der Waals surface area contributed by atoms with E-state index in [0.717, 1.165) is 49.4 Å². The zero-order valence-corrected chi connectivity index (χ0v) is 11.3. The molecule has 1 fully saturated rings. The van der Waals surface area contributed by atoms with Crippen molar-refractivity contribution in [3.05, 3.63) is 24.4 Å². The molecule has 2 aromatic rings. The standard InChI is InChI=1S/C14H18N4O2/c19-14(4-5-18-6-8-20-9-7-18)16-12-2-1-3-13-11(12)10-15-17-13/h1-3,10H,4-9H2,(H,15,17)(H,16,19). The fourth-order valence-electron chi connectivity index (χ4n) is 2.37. The maximum Gasteiger partial charge on any atom is 0.225 e. The van der Waals surface area contributed by atoms with Crippen molar-refractivity contribution in [1.82, 2.24) is 15.1 Å². The summed E-state index contributed by atoms with van der Waals surface area (Å²) >= 11 is 0. The minimum Gasteiger partial charge on any atom is -0.379 e. The van der Waals surface area contributed by atoms with Crippen molar-refractivity contribution in [3.63, 3.8) is 0 Å². The number of carbonyl (C=O) groups is 1. The van der Waals surface area contributed by atoms with Crippen molar-refractivity contribution in [1.29, 1.82) is 0 Å². The summed E-state index contributed by atoms with van der Waals surface area (Å²) in [5.41, 5.74) is 1.74. The van der Waals surface area contributed by atoms with Gasteiger partial charge in [-0.05, 0) is 12.1 Å². The van der Waals surface area contributed by atoms with Gasteiger partial charge in [0.2, 0.25) is 5.91 Å². The van der Waals surface area contributed by atoms with E-state index in [1.165, 1.54) is 0 Å². The number of morpholine rings is 1. The van der Waals surface area contributed by atoms with Crippen LogP contribution in [0.15, 0.2) is 24.4 Å². The highest BCUT2D eigenvalue weighted by Gasteiger charge is 2.12. The van der Waals surface area contributed by atoms with Crippen LogP contribution in [0.4, 0.5) is 5.69 Å². The molecule has 3 rings (SSSR count). The fraction of sp³-hybridized carbons (Fsp3) is 0.429. The first-order valence-corrected chi connectivity index (χ1v) is 6.85. The Morgan fingerprint density at radius 3 is 3.10 bits per heavy atom. The summed E-state index contributed by atoms with van der Waals surface area (Å²) in [6.07, 6.45) is 2.22. The number of rotatable bonds is 4. The van der Waals surface area contributed by atoms with Crippen LogP contribution in [0.5, 0.6) is 0 Å². The molecule has 1 aliphatic rings. The van der Waals surface area contributed by atoms with Crippen LogP contribution in [0.2, 0.25) is 0 Å². The van der Waals surface area contributed by atoms with Gasteiger partial charge in [-0.15, -0.1) is 0 Å². The first-order valence-electron chi connectivity index (χ1n) is 6.85. The smallest absolute Gasteiger partial charge is 0.225 e. The Balaban J connectivity index is 1.57. The lowest BCUT2D eigenvalue weighted by atomic mass is 10.2. The summed E-state index contributed by atoms with van der Waals surface area (Å²) < 4.78 is 5.29. The second-order valence-corrected chi connectivity index (χ2v) is 4.89. The molecule has 1 aromatic heterocycles. The molecule has 0 atom stereocenters. The molecule has 0 bridgehead atoms. The number of aromatic nitrogens is 2. The van der Waals surface area contributed by atoms with Gasteiger partial charge >= 0.3 is 0 Å². The van der Waals surface area contributed by atoms with Crippen LogP contribution in [-0.4, -0.2) is 53.9 Å². The molecule has 1 amide bonds. The number of benzene rings is 1. The van der Waals surface area contributed by atoms with Gasteiger partial charge in [0, 0.05) is 31.4 Å². The van der Waals surface area contributed by atoms with Crippen LogP contribution in [0.3, 0.4) is 0 Å². The monoisotopic (exact) mass is 274 g/mol. The molecule has 1 saturated heterocycles. The van der Waals surface area contributed by atoms with Gasteiger partial charge < -0.3 is 10.1 Å². The number of hydrogen-bond acceptors (Lipinski definition) is 4. The van der Waals surface area contributed by atoms with E-state index >= 15 is 0 Å². The average molecular weight is 274 g/mol. The topological polar surface area (TPSA) is 70.2 Å². The van der Waals surface area contributed by atoms with Gasteiger partial charge in [0.15, 0.2) is 0 Å². The Morgan fingerprint density at radius 1 is 1.40 bits per heavy atom. The van der Waals surface area contributed by atoms with Crippen molar-refractivity contribution in [2.45, 2.75) is 6.42 Å². The molecule has 6 nitrogen and oxygen atoms in total. The summed E-state index contributed by atoms with van der Waals surface area (Å²) in [7, 11) is 0. The molecule has 2 N–H and O–H groups in total. The van der Waals surface area contributed by atoms with Crippen LogP contribution in [0.1, 0.15) is 6.42 Å². The van der Waals surface area contributed by atoms with Crippen molar-refractivity contribution in [2.24, 2.45) is 0 Å². The molecule has 2 heterocycles. The number of H-pyrrole nitrogens is 1. The highest BCUT2D eigenvalue weighted by molar-refractivity contribution is 6.00. The summed E-state index contributed by atoms with van der Waals surface area (Å²) in [4.78, 5) is 14.3. The highest BCUT2D eigenvalue weighted by Crippen LogP contribution is 2.21. The van der Waals surface area contributed by atoms with E-state index in [1.54, 1.807) is 6.20 Å². The molecular formula is C14H18N4O2. The Morgan fingerprint density at radius 2 is 2.25 bits per heavy atom. The average Bonchev–Trinajstić information content (AvgIpc) is 2.96. The molecule has 0 radical (unpaired) electrons. The van der Waals surface area contributed by atoms with Gasteiger partial charge in [-0.25, -0.2) is 0 Å². The van der Waals surface area contributed by atoms with Crippen molar-refractivity contribution in [2.75, 3.05) is 38.2 Å². The number of anilines is 1. The Hall–Kier alpha value is -1.92. The minimum absolute atomic E-state index is 0.0326. The van der Waals surface area contributed by atoms with Crippen LogP contribution < -0.4 is 5.32 Å². The molecule has 1 aliphatic heterocycles. The predicted molar refractivity (Wildman–Crippen MR) is 76.6 cm³/mol. The third-order valence-electron chi connectivity index (χ3n) is 3.52. The number of carbonyl (C=O) groups excluding carboxylic acids is 1. The van der Waals surface area contributed by atoms with Crippen LogP contribution >= 0.6 is 0 Å². The van der Waals surface area contributed by atoms with Gasteiger partial charge in [0.1, 0.15) is 0 Å². The number of nitrogens with zero attached hydrogens (tertiary/aromatic N) is 2. The minimum atomic E-state index is 0.0326. The van der Waals surface area contributed by atoms with E-state index in [1.807, 2.05) is 18.2 Å². The molecule has 20 heavy (non-hydrogen) atoms. The Labute approximate surface area is 117 Å². The first kappa shape index (κ1) is 13.1. The number of hydrogen-bond donors (Lipinski definition) is 2. The van der Waals surface area contributed by atoms with E-state index in [4.69, 9.17) is 4.74 Å². The predicted octanol–water partition coefficient (Wildman–Crippen LogP) is 1.22. The Bertz CT molecular complexity index is 590.